The van der Waals surface area contributed by atoms with Gasteiger partial charge in [0.05, 0.1) is 12.6 Å². The van der Waals surface area contributed by atoms with Gasteiger partial charge in [0.2, 0.25) is 5.91 Å². The van der Waals surface area contributed by atoms with Crippen molar-refractivity contribution < 1.29 is 26.4 Å². The number of carbonyl (C=O) groups excluding carboxylic acids is 1. The zero-order valence-corrected chi connectivity index (χ0v) is 13.9. The maximum Gasteiger partial charge on any atom is 0.405 e. The molecule has 0 bridgehead atoms. The monoisotopic (exact) mass is 376 g/mol. The van der Waals surface area contributed by atoms with Crippen LogP contribution in [0.5, 0.6) is 0 Å². The van der Waals surface area contributed by atoms with E-state index in [1.54, 1.807) is 12.4 Å². The molecule has 0 saturated carbocycles. The number of nitrogens with one attached hydrogen (secondary N) is 2. The van der Waals surface area contributed by atoms with Gasteiger partial charge in [0.1, 0.15) is 11.4 Å². The number of alkyl halides is 3. The number of rotatable bonds is 6. The standard InChI is InChI=1S/C14H15F3N4O3S/c1-21-8-12(7-19-21)25(23,24)20-11-4-2-10(3-5-11)6-13(22)18-9-14(15,16)17/h2-5,7-8,20H,6,9H2,1H3,(H,18,22). The first-order chi connectivity index (χ1) is 11.5. The Kier molecular flexibility index (Phi) is 5.36. The summed E-state index contributed by atoms with van der Waals surface area (Å²) in [6.45, 7) is -1.39. The summed E-state index contributed by atoms with van der Waals surface area (Å²) in [4.78, 5) is 11.4. The van der Waals surface area contributed by atoms with Gasteiger partial charge in [-0.25, -0.2) is 8.42 Å². The molecule has 1 aromatic carbocycles. The Hall–Kier alpha value is -2.56. The summed E-state index contributed by atoms with van der Waals surface area (Å²) >= 11 is 0. The van der Waals surface area contributed by atoms with Gasteiger partial charge in [-0.3, -0.25) is 14.2 Å². The Morgan fingerprint density at radius 2 is 1.88 bits per heavy atom. The molecule has 0 unspecified atom stereocenters. The molecule has 0 aliphatic carbocycles. The van der Waals surface area contributed by atoms with Gasteiger partial charge in [-0.2, -0.15) is 18.3 Å². The number of benzene rings is 1. The lowest BCUT2D eigenvalue weighted by atomic mass is 10.1. The molecule has 0 radical (unpaired) electrons. The largest absolute Gasteiger partial charge is 0.405 e. The average molecular weight is 376 g/mol. The third-order valence-corrected chi connectivity index (χ3v) is 4.38. The van der Waals surface area contributed by atoms with Gasteiger partial charge in [0, 0.05) is 18.9 Å². The SMILES string of the molecule is Cn1cc(S(=O)(=O)Nc2ccc(CC(=O)NCC(F)(F)F)cc2)cn1. The van der Waals surface area contributed by atoms with Crippen molar-refractivity contribution in [3.05, 3.63) is 42.2 Å². The van der Waals surface area contributed by atoms with E-state index in [2.05, 4.69) is 9.82 Å². The highest BCUT2D eigenvalue weighted by molar-refractivity contribution is 7.92. The fourth-order valence-corrected chi connectivity index (χ4v) is 2.93. The molecule has 0 spiro atoms. The highest BCUT2D eigenvalue weighted by Crippen LogP contribution is 2.16. The van der Waals surface area contributed by atoms with Gasteiger partial charge in [0.15, 0.2) is 0 Å². The summed E-state index contributed by atoms with van der Waals surface area (Å²) in [5.41, 5.74) is 0.701. The molecule has 2 aromatic rings. The summed E-state index contributed by atoms with van der Waals surface area (Å²) in [6.07, 6.45) is -2.18. The van der Waals surface area contributed by atoms with Gasteiger partial charge >= 0.3 is 6.18 Å². The summed E-state index contributed by atoms with van der Waals surface area (Å²) in [7, 11) is -2.21. The van der Waals surface area contributed by atoms with Crippen LogP contribution in [0, 0.1) is 0 Å². The van der Waals surface area contributed by atoms with Crippen LogP contribution >= 0.6 is 0 Å². The van der Waals surface area contributed by atoms with Crippen LogP contribution in [0.4, 0.5) is 18.9 Å². The van der Waals surface area contributed by atoms with Crippen LogP contribution < -0.4 is 10.0 Å². The summed E-state index contributed by atoms with van der Waals surface area (Å²) in [5, 5.41) is 5.54. The minimum Gasteiger partial charge on any atom is -0.347 e. The molecule has 0 fully saturated rings. The molecule has 0 aliphatic rings. The fourth-order valence-electron chi connectivity index (χ4n) is 1.89. The van der Waals surface area contributed by atoms with E-state index >= 15 is 0 Å². The van der Waals surface area contributed by atoms with Gasteiger partial charge < -0.3 is 5.32 Å². The van der Waals surface area contributed by atoms with Crippen molar-refractivity contribution in [2.75, 3.05) is 11.3 Å². The number of sulfonamides is 1. The molecular weight excluding hydrogens is 361 g/mol. The minimum atomic E-state index is -4.47. The van der Waals surface area contributed by atoms with E-state index in [1.165, 1.54) is 41.3 Å². The first kappa shape index (κ1) is 18.8. The number of hydrogen-bond donors (Lipinski definition) is 2. The van der Waals surface area contributed by atoms with Crippen molar-refractivity contribution in [1.82, 2.24) is 15.1 Å². The van der Waals surface area contributed by atoms with E-state index in [0.29, 0.717) is 5.56 Å². The van der Waals surface area contributed by atoms with Crippen LogP contribution in [0.1, 0.15) is 5.56 Å². The van der Waals surface area contributed by atoms with Gasteiger partial charge in [-0.05, 0) is 17.7 Å². The molecule has 136 valence electrons. The van der Waals surface area contributed by atoms with Gasteiger partial charge in [-0.15, -0.1) is 0 Å². The van der Waals surface area contributed by atoms with Crippen LogP contribution in [-0.4, -0.2) is 36.8 Å². The third-order valence-electron chi connectivity index (χ3n) is 3.05. The predicted octanol–water partition coefficient (Wildman–Crippen LogP) is 1.44. The highest BCUT2D eigenvalue weighted by Gasteiger charge is 2.27. The number of hydrogen-bond acceptors (Lipinski definition) is 4. The van der Waals surface area contributed by atoms with Crippen molar-refractivity contribution in [2.24, 2.45) is 7.05 Å². The lowest BCUT2D eigenvalue weighted by molar-refractivity contribution is -0.138. The highest BCUT2D eigenvalue weighted by atomic mass is 32.2. The van der Waals surface area contributed by atoms with Crippen LogP contribution in [0.3, 0.4) is 0 Å². The van der Waals surface area contributed by atoms with E-state index in [1.807, 2.05) is 0 Å². The van der Waals surface area contributed by atoms with E-state index in [9.17, 15) is 26.4 Å². The van der Waals surface area contributed by atoms with Crippen LogP contribution in [0.15, 0.2) is 41.6 Å². The van der Waals surface area contributed by atoms with Crippen LogP contribution in [0.2, 0.25) is 0 Å². The van der Waals surface area contributed by atoms with E-state index in [0.717, 1.165) is 0 Å². The van der Waals surface area contributed by atoms with Gasteiger partial charge in [-0.1, -0.05) is 12.1 Å². The lowest BCUT2D eigenvalue weighted by Crippen LogP contribution is -2.34. The Labute approximate surface area is 141 Å². The first-order valence-corrected chi connectivity index (χ1v) is 8.47. The Bertz CT molecular complexity index is 845. The van der Waals surface area contributed by atoms with Crippen molar-refractivity contribution in [2.45, 2.75) is 17.5 Å². The molecule has 0 saturated heterocycles. The molecule has 11 heteroatoms. The zero-order valence-electron chi connectivity index (χ0n) is 13.0. The molecule has 1 amide bonds. The maximum absolute atomic E-state index is 12.1. The molecule has 25 heavy (non-hydrogen) atoms. The van der Waals surface area contributed by atoms with Crippen molar-refractivity contribution in [1.29, 1.82) is 0 Å². The number of aryl methyl sites for hydroxylation is 1. The van der Waals surface area contributed by atoms with Crippen LogP contribution in [-0.2, 0) is 28.3 Å². The normalized spacial score (nSPS) is 12.0. The van der Waals surface area contributed by atoms with Gasteiger partial charge in [0.25, 0.3) is 10.0 Å². The minimum absolute atomic E-state index is 0.00870. The number of aromatic nitrogens is 2. The molecule has 1 heterocycles. The zero-order chi connectivity index (χ0) is 18.7. The summed E-state index contributed by atoms with van der Waals surface area (Å²) in [6, 6.07) is 5.74. The molecule has 2 N–H and O–H groups in total. The second kappa shape index (κ2) is 7.13. The van der Waals surface area contributed by atoms with E-state index in [4.69, 9.17) is 0 Å². The second-order valence-corrected chi connectivity index (χ2v) is 6.90. The number of nitrogens with zero attached hydrogens (tertiary/aromatic N) is 2. The quantitative estimate of drug-likeness (QED) is 0.798. The third kappa shape index (κ3) is 5.78. The topological polar surface area (TPSA) is 93.1 Å². The second-order valence-electron chi connectivity index (χ2n) is 5.22. The van der Waals surface area contributed by atoms with Crippen molar-refractivity contribution in [3.8, 4) is 0 Å². The molecule has 2 rings (SSSR count). The lowest BCUT2D eigenvalue weighted by Gasteiger charge is -2.09. The number of carbonyl (C=O) groups is 1. The Morgan fingerprint density at radius 1 is 1.24 bits per heavy atom. The molecule has 0 atom stereocenters. The fraction of sp³-hybridized carbons (Fsp3) is 0.286. The van der Waals surface area contributed by atoms with E-state index < -0.39 is 28.7 Å². The average Bonchev–Trinajstić information content (AvgIpc) is 2.94. The summed E-state index contributed by atoms with van der Waals surface area (Å²) in [5.74, 6) is -0.777. The number of halogens is 3. The van der Waals surface area contributed by atoms with Crippen molar-refractivity contribution in [3.63, 3.8) is 0 Å². The number of anilines is 1. The Morgan fingerprint density at radius 3 is 2.40 bits per heavy atom. The van der Waals surface area contributed by atoms with E-state index in [-0.39, 0.29) is 17.0 Å². The Balaban J connectivity index is 1.97. The predicted molar refractivity (Wildman–Crippen MR) is 83.2 cm³/mol. The van der Waals surface area contributed by atoms with Crippen LogP contribution in [0.25, 0.3) is 0 Å². The number of amides is 1. The summed E-state index contributed by atoms with van der Waals surface area (Å²) < 4.78 is 64.0. The molecule has 0 aliphatic heterocycles. The smallest absolute Gasteiger partial charge is 0.347 e. The maximum atomic E-state index is 12.1. The first-order valence-electron chi connectivity index (χ1n) is 6.99. The molecule has 1 aromatic heterocycles. The molecule has 7 nitrogen and oxygen atoms in total. The molecular formula is C14H15F3N4O3S. The van der Waals surface area contributed by atoms with Crippen molar-refractivity contribution >= 4 is 21.6 Å².